The lowest BCUT2D eigenvalue weighted by Crippen LogP contribution is -2.24. The first-order valence-electron chi connectivity index (χ1n) is 9.20. The molecule has 1 aliphatic rings. The zero-order valence-corrected chi connectivity index (χ0v) is 16.3. The van der Waals surface area contributed by atoms with Crippen molar-refractivity contribution in [2.45, 2.75) is 19.3 Å². The number of fused-ring (bicyclic) bond motifs is 1. The Labute approximate surface area is 181 Å². The van der Waals surface area contributed by atoms with Crippen molar-refractivity contribution < 1.29 is 40.6 Å². The molecule has 0 saturated heterocycles. The zero-order chi connectivity index (χ0) is 23.8. The molecule has 0 bridgehead atoms. The monoisotopic (exact) mass is 470 g/mol. The Morgan fingerprint density at radius 2 is 1.85 bits per heavy atom. The number of alkyl halides is 5. The van der Waals surface area contributed by atoms with Crippen molar-refractivity contribution in [1.29, 1.82) is 0 Å². The number of hydrogen-bond acceptors (Lipinski definition) is 6. The Bertz CT molecular complexity index is 1190. The number of amides is 1. The molecule has 0 atom stereocenters. The lowest BCUT2D eigenvalue weighted by molar-refractivity contribution is -0.153. The molecule has 3 aromatic rings. The molecule has 0 unspecified atom stereocenters. The minimum absolute atomic E-state index is 0.0245. The minimum Gasteiger partial charge on any atom is -0.483 e. The number of carbonyl (C=O) groups is 1. The van der Waals surface area contributed by atoms with Crippen LogP contribution in [0.1, 0.15) is 15.9 Å². The van der Waals surface area contributed by atoms with Crippen molar-refractivity contribution in [3.63, 3.8) is 0 Å². The third kappa shape index (κ3) is 4.81. The van der Waals surface area contributed by atoms with Crippen LogP contribution >= 0.6 is 0 Å². The summed E-state index contributed by atoms with van der Waals surface area (Å²) in [5.74, 6) is -2.16. The highest BCUT2D eigenvalue weighted by Gasteiger charge is 2.34. The van der Waals surface area contributed by atoms with E-state index in [0.29, 0.717) is 5.56 Å². The molecule has 3 heterocycles. The van der Waals surface area contributed by atoms with Gasteiger partial charge in [-0.25, -0.2) is 4.39 Å². The molecule has 1 aromatic carbocycles. The molecular weight excluding hydrogens is 458 g/mol. The lowest BCUT2D eigenvalue weighted by atomic mass is 10.0. The normalized spacial score (nSPS) is 13.4. The van der Waals surface area contributed by atoms with E-state index >= 15 is 0 Å². The molecule has 0 spiro atoms. The maximum absolute atomic E-state index is 13.7. The summed E-state index contributed by atoms with van der Waals surface area (Å²) in [5.41, 5.74) is 0.687. The number of carbonyl (C=O) groups excluding carboxylic acids is 1. The second-order valence-electron chi connectivity index (χ2n) is 6.73. The van der Waals surface area contributed by atoms with Gasteiger partial charge in [-0.2, -0.15) is 22.0 Å². The van der Waals surface area contributed by atoms with Crippen molar-refractivity contribution in [3.05, 3.63) is 59.5 Å². The van der Waals surface area contributed by atoms with Gasteiger partial charge in [0.15, 0.2) is 12.4 Å². The summed E-state index contributed by atoms with van der Waals surface area (Å²) in [4.78, 5) is 18.2. The molecule has 172 valence electrons. The summed E-state index contributed by atoms with van der Waals surface area (Å²) in [6.07, 6.45) is -3.38. The highest BCUT2D eigenvalue weighted by molar-refractivity contribution is 6.10. The summed E-state index contributed by atoms with van der Waals surface area (Å²) in [6, 6.07) is 6.78. The number of anilines is 1. The number of rotatable bonds is 6. The van der Waals surface area contributed by atoms with Crippen LogP contribution in [0, 0.1) is 5.82 Å². The molecule has 0 fully saturated rings. The van der Waals surface area contributed by atoms with Crippen LogP contribution < -0.4 is 14.4 Å². The number of nitrogens with zero attached hydrogens (tertiary/aromatic N) is 4. The van der Waals surface area contributed by atoms with Gasteiger partial charge in [-0.1, -0.05) is 0 Å². The van der Waals surface area contributed by atoms with Crippen LogP contribution in [0.15, 0.2) is 42.6 Å². The highest BCUT2D eigenvalue weighted by Crippen LogP contribution is 2.38. The van der Waals surface area contributed by atoms with Gasteiger partial charge >= 0.3 is 12.8 Å². The van der Waals surface area contributed by atoms with Crippen molar-refractivity contribution in [3.8, 4) is 22.9 Å². The summed E-state index contributed by atoms with van der Waals surface area (Å²) < 4.78 is 85.1. The molecule has 0 aliphatic carbocycles. The lowest BCUT2D eigenvalue weighted by Gasteiger charge is -2.15. The molecule has 1 amide bonds. The fraction of sp³-hybridized carbons (Fsp3) is 0.200. The first kappa shape index (κ1) is 22.3. The third-order valence-corrected chi connectivity index (χ3v) is 4.55. The third-order valence-electron chi connectivity index (χ3n) is 4.55. The number of hydrogen-bond donors (Lipinski definition) is 0. The fourth-order valence-corrected chi connectivity index (χ4v) is 3.23. The number of halogens is 6. The van der Waals surface area contributed by atoms with Gasteiger partial charge in [0, 0.05) is 35.0 Å². The molecule has 0 saturated carbocycles. The van der Waals surface area contributed by atoms with Crippen molar-refractivity contribution in [2.75, 3.05) is 11.5 Å². The highest BCUT2D eigenvalue weighted by atomic mass is 19.4. The van der Waals surface area contributed by atoms with Gasteiger partial charge in [0.2, 0.25) is 5.88 Å². The molecule has 0 radical (unpaired) electrons. The Kier molecular flexibility index (Phi) is 5.78. The zero-order valence-electron chi connectivity index (χ0n) is 16.3. The maximum atomic E-state index is 13.7. The van der Waals surface area contributed by atoms with Crippen LogP contribution in [0.3, 0.4) is 0 Å². The summed E-state index contributed by atoms with van der Waals surface area (Å²) >= 11 is 0. The fourth-order valence-electron chi connectivity index (χ4n) is 3.23. The van der Waals surface area contributed by atoms with Crippen LogP contribution in [0.2, 0.25) is 0 Å². The summed E-state index contributed by atoms with van der Waals surface area (Å²) in [5, 5.41) is 7.19. The average Bonchev–Trinajstić information content (AvgIpc) is 3.09. The minimum atomic E-state index is -4.65. The van der Waals surface area contributed by atoms with Gasteiger partial charge in [0.05, 0.1) is 12.2 Å². The second kappa shape index (κ2) is 8.56. The number of benzene rings is 1. The van der Waals surface area contributed by atoms with Gasteiger partial charge in [-0.05, 0) is 24.3 Å². The second-order valence-corrected chi connectivity index (χ2v) is 6.73. The molecule has 33 heavy (non-hydrogen) atoms. The number of aromatic nitrogens is 3. The van der Waals surface area contributed by atoms with E-state index in [1.807, 2.05) is 0 Å². The number of pyridine rings is 1. The SMILES string of the molecule is O=C1c2ccnc(-c3ccc(F)cc3OCC(F)(F)F)c2CN1c1ccc(OC(F)F)nn1. The largest absolute Gasteiger partial charge is 0.483 e. The topological polar surface area (TPSA) is 77.4 Å². The molecule has 7 nitrogen and oxygen atoms in total. The van der Waals surface area contributed by atoms with Crippen LogP contribution in [-0.2, 0) is 6.54 Å². The van der Waals surface area contributed by atoms with Gasteiger partial charge in [-0.15, -0.1) is 10.2 Å². The Morgan fingerprint density at radius 3 is 2.52 bits per heavy atom. The van der Waals surface area contributed by atoms with Crippen molar-refractivity contribution in [2.24, 2.45) is 0 Å². The van der Waals surface area contributed by atoms with E-state index in [1.54, 1.807) is 0 Å². The average molecular weight is 470 g/mol. The predicted molar refractivity (Wildman–Crippen MR) is 100 cm³/mol. The van der Waals surface area contributed by atoms with Crippen LogP contribution in [-0.4, -0.2) is 40.5 Å². The maximum Gasteiger partial charge on any atom is 0.422 e. The quantitative estimate of drug-likeness (QED) is 0.498. The van der Waals surface area contributed by atoms with Gasteiger partial charge in [-0.3, -0.25) is 14.7 Å². The Morgan fingerprint density at radius 1 is 1.06 bits per heavy atom. The van der Waals surface area contributed by atoms with Crippen LogP contribution in [0.4, 0.5) is 32.2 Å². The van der Waals surface area contributed by atoms with Crippen molar-refractivity contribution in [1.82, 2.24) is 15.2 Å². The van der Waals surface area contributed by atoms with Gasteiger partial charge in [0.25, 0.3) is 5.91 Å². The van der Waals surface area contributed by atoms with Gasteiger partial charge < -0.3 is 9.47 Å². The van der Waals surface area contributed by atoms with E-state index in [0.717, 1.165) is 18.2 Å². The van der Waals surface area contributed by atoms with Crippen LogP contribution in [0.5, 0.6) is 11.6 Å². The molecule has 1 aliphatic heterocycles. The van der Waals surface area contributed by atoms with E-state index in [4.69, 9.17) is 4.74 Å². The molecule has 4 rings (SSSR count). The molecule has 0 N–H and O–H groups in total. The van der Waals surface area contributed by atoms with Gasteiger partial charge in [0.1, 0.15) is 11.6 Å². The van der Waals surface area contributed by atoms with Crippen molar-refractivity contribution >= 4 is 11.7 Å². The first-order chi connectivity index (χ1) is 15.6. The summed E-state index contributed by atoms with van der Waals surface area (Å²) in [6.45, 7) is -4.84. The van der Waals surface area contributed by atoms with E-state index in [1.165, 1.54) is 29.3 Å². The first-order valence-corrected chi connectivity index (χ1v) is 9.20. The van der Waals surface area contributed by atoms with Crippen LogP contribution in [0.25, 0.3) is 11.3 Å². The molecule has 2 aromatic heterocycles. The standard InChI is InChI=1S/C20H12F6N4O3/c21-10-1-2-12(14(7-10)32-9-20(24,25)26)17-13-8-30(18(31)11(13)5-6-27-17)15-3-4-16(29-28-15)33-19(22)23/h1-7,19H,8-9H2. The molecular formula is C20H12F6N4O3. The molecule has 13 heteroatoms. The van der Waals surface area contributed by atoms with E-state index in [9.17, 15) is 31.1 Å². The Hall–Kier alpha value is -3.90. The van der Waals surface area contributed by atoms with E-state index in [2.05, 4.69) is 19.9 Å². The summed E-state index contributed by atoms with van der Waals surface area (Å²) in [7, 11) is 0. The number of ether oxygens (including phenoxy) is 2. The predicted octanol–water partition coefficient (Wildman–Crippen LogP) is 4.38. The van der Waals surface area contributed by atoms with E-state index < -0.39 is 42.7 Å². The smallest absolute Gasteiger partial charge is 0.422 e. The van der Waals surface area contributed by atoms with E-state index in [-0.39, 0.29) is 29.2 Å². The Balaban J connectivity index is 1.68.